The molecule has 2 nitrogen and oxygen atoms in total. The van der Waals surface area contributed by atoms with Gasteiger partial charge in [-0.3, -0.25) is 4.90 Å². The molecule has 21 heavy (non-hydrogen) atoms. The molecule has 2 rings (SSSR count). The summed E-state index contributed by atoms with van der Waals surface area (Å²) in [5.74, 6) is 0.723. The maximum Gasteiger partial charge on any atom is 0.0331 e. The predicted octanol–water partition coefficient (Wildman–Crippen LogP) is 4.16. The normalized spacial score (nSPS) is 27.8. The Labute approximate surface area is 130 Å². The number of likely N-dealkylation sites (N-methyl/N-ethyl adjacent to an activating group) is 1. The van der Waals surface area contributed by atoms with Gasteiger partial charge in [0.2, 0.25) is 0 Å². The fourth-order valence-electron chi connectivity index (χ4n) is 3.99. The summed E-state index contributed by atoms with van der Waals surface area (Å²) >= 11 is 0. The molecule has 1 unspecified atom stereocenters. The van der Waals surface area contributed by atoms with E-state index in [-0.39, 0.29) is 5.54 Å². The highest BCUT2D eigenvalue weighted by molar-refractivity contribution is 5.20. The Morgan fingerprint density at radius 3 is 2.38 bits per heavy atom. The monoisotopic (exact) mass is 288 g/mol. The first-order valence-electron chi connectivity index (χ1n) is 8.61. The molecule has 0 amide bonds. The van der Waals surface area contributed by atoms with Gasteiger partial charge in [0.05, 0.1) is 0 Å². The fraction of sp³-hybridized carbons (Fsp3) is 0.684. The standard InChI is InChI=1S/C19H32N2/c1-4-8-16(2)21(3)19(15-20)13-11-18(12-14-19)17-9-6-5-7-10-17/h5-7,9-10,16,18H,4,8,11-15,20H2,1-3H3. The lowest BCUT2D eigenvalue weighted by Crippen LogP contribution is -2.56. The van der Waals surface area contributed by atoms with Crippen LogP contribution in [0.2, 0.25) is 0 Å². The average molecular weight is 288 g/mol. The summed E-state index contributed by atoms with van der Waals surface area (Å²) in [6.07, 6.45) is 7.51. The van der Waals surface area contributed by atoms with Gasteiger partial charge in [0.1, 0.15) is 0 Å². The lowest BCUT2D eigenvalue weighted by Gasteiger charge is -2.48. The third-order valence-corrected chi connectivity index (χ3v) is 5.68. The summed E-state index contributed by atoms with van der Waals surface area (Å²) in [6.45, 7) is 5.41. The summed E-state index contributed by atoms with van der Waals surface area (Å²) in [5.41, 5.74) is 7.94. The second kappa shape index (κ2) is 7.42. The third kappa shape index (κ3) is 3.67. The van der Waals surface area contributed by atoms with Crippen LogP contribution in [0.25, 0.3) is 0 Å². The summed E-state index contributed by atoms with van der Waals surface area (Å²) in [6, 6.07) is 11.6. The van der Waals surface area contributed by atoms with Crippen LogP contribution in [-0.2, 0) is 0 Å². The molecule has 1 aliphatic carbocycles. The Morgan fingerprint density at radius 2 is 1.86 bits per heavy atom. The average Bonchev–Trinajstić information content (AvgIpc) is 2.55. The Morgan fingerprint density at radius 1 is 1.24 bits per heavy atom. The molecule has 0 aliphatic heterocycles. The summed E-state index contributed by atoms with van der Waals surface area (Å²) < 4.78 is 0. The molecule has 2 N–H and O–H groups in total. The largest absolute Gasteiger partial charge is 0.329 e. The van der Waals surface area contributed by atoms with Crippen molar-refractivity contribution in [1.82, 2.24) is 4.90 Å². The van der Waals surface area contributed by atoms with Gasteiger partial charge in [-0.25, -0.2) is 0 Å². The molecule has 1 atom stereocenters. The van der Waals surface area contributed by atoms with Crippen molar-refractivity contribution < 1.29 is 0 Å². The van der Waals surface area contributed by atoms with Gasteiger partial charge in [-0.2, -0.15) is 0 Å². The molecule has 0 radical (unpaired) electrons. The Kier molecular flexibility index (Phi) is 5.83. The molecular formula is C19H32N2. The molecule has 1 fully saturated rings. The first kappa shape index (κ1) is 16.5. The second-order valence-corrected chi connectivity index (χ2v) is 6.86. The molecule has 0 heterocycles. The van der Waals surface area contributed by atoms with Crippen LogP contribution in [0.5, 0.6) is 0 Å². The highest BCUT2D eigenvalue weighted by Gasteiger charge is 2.39. The van der Waals surface area contributed by atoms with Crippen LogP contribution >= 0.6 is 0 Å². The Bertz CT molecular complexity index is 407. The van der Waals surface area contributed by atoms with Crippen molar-refractivity contribution in [3.63, 3.8) is 0 Å². The summed E-state index contributed by atoms with van der Waals surface area (Å²) in [7, 11) is 2.29. The maximum atomic E-state index is 6.22. The number of hydrogen-bond acceptors (Lipinski definition) is 2. The van der Waals surface area contributed by atoms with E-state index in [0.29, 0.717) is 6.04 Å². The van der Waals surface area contributed by atoms with Crippen molar-refractivity contribution in [2.45, 2.75) is 69.9 Å². The summed E-state index contributed by atoms with van der Waals surface area (Å²) in [4.78, 5) is 2.58. The van der Waals surface area contributed by atoms with E-state index in [0.717, 1.165) is 12.5 Å². The second-order valence-electron chi connectivity index (χ2n) is 6.86. The van der Waals surface area contributed by atoms with Gasteiger partial charge in [0.25, 0.3) is 0 Å². The van der Waals surface area contributed by atoms with Crippen LogP contribution in [0.1, 0.15) is 63.9 Å². The molecule has 0 saturated heterocycles. The van der Waals surface area contributed by atoms with E-state index in [9.17, 15) is 0 Å². The van der Waals surface area contributed by atoms with Gasteiger partial charge in [-0.05, 0) is 57.6 Å². The van der Waals surface area contributed by atoms with Gasteiger partial charge in [-0.15, -0.1) is 0 Å². The van der Waals surface area contributed by atoms with E-state index in [1.807, 2.05) is 0 Å². The first-order valence-corrected chi connectivity index (χ1v) is 8.61. The molecule has 2 heteroatoms. The molecule has 0 aromatic heterocycles. The topological polar surface area (TPSA) is 29.3 Å². The smallest absolute Gasteiger partial charge is 0.0331 e. The van der Waals surface area contributed by atoms with Gasteiger partial charge in [-0.1, -0.05) is 43.7 Å². The number of nitrogens with two attached hydrogens (primary N) is 1. The van der Waals surface area contributed by atoms with E-state index in [4.69, 9.17) is 5.73 Å². The van der Waals surface area contributed by atoms with Gasteiger partial charge >= 0.3 is 0 Å². The van der Waals surface area contributed by atoms with Crippen molar-refractivity contribution in [3.05, 3.63) is 35.9 Å². The molecule has 1 aromatic rings. The van der Waals surface area contributed by atoms with Crippen LogP contribution in [0.4, 0.5) is 0 Å². The van der Waals surface area contributed by atoms with Gasteiger partial charge in [0, 0.05) is 18.1 Å². The van der Waals surface area contributed by atoms with Gasteiger partial charge < -0.3 is 5.73 Å². The van der Waals surface area contributed by atoms with E-state index in [2.05, 4.69) is 56.1 Å². The van der Waals surface area contributed by atoms with Crippen molar-refractivity contribution in [2.24, 2.45) is 5.73 Å². The van der Waals surface area contributed by atoms with Crippen LogP contribution in [0.15, 0.2) is 30.3 Å². The van der Waals surface area contributed by atoms with Gasteiger partial charge in [0.15, 0.2) is 0 Å². The zero-order chi connectivity index (χ0) is 15.3. The maximum absolute atomic E-state index is 6.22. The van der Waals surface area contributed by atoms with E-state index in [1.54, 1.807) is 0 Å². The van der Waals surface area contributed by atoms with Crippen LogP contribution in [0, 0.1) is 0 Å². The van der Waals surface area contributed by atoms with E-state index < -0.39 is 0 Å². The quantitative estimate of drug-likeness (QED) is 0.851. The molecule has 1 saturated carbocycles. The zero-order valence-corrected chi connectivity index (χ0v) is 14.0. The predicted molar refractivity (Wildman–Crippen MR) is 91.6 cm³/mol. The molecule has 0 bridgehead atoms. The molecule has 118 valence electrons. The number of hydrogen-bond donors (Lipinski definition) is 1. The molecule has 1 aliphatic rings. The Hall–Kier alpha value is -0.860. The lowest BCUT2D eigenvalue weighted by atomic mass is 9.73. The van der Waals surface area contributed by atoms with Crippen molar-refractivity contribution in [2.75, 3.05) is 13.6 Å². The third-order valence-electron chi connectivity index (χ3n) is 5.68. The highest BCUT2D eigenvalue weighted by Crippen LogP contribution is 2.41. The van der Waals surface area contributed by atoms with Crippen LogP contribution in [0.3, 0.4) is 0 Å². The molecular weight excluding hydrogens is 256 g/mol. The minimum Gasteiger partial charge on any atom is -0.329 e. The van der Waals surface area contributed by atoms with E-state index in [1.165, 1.54) is 44.1 Å². The molecule has 0 spiro atoms. The highest BCUT2D eigenvalue weighted by atomic mass is 15.2. The fourth-order valence-corrected chi connectivity index (χ4v) is 3.99. The number of nitrogens with zero attached hydrogens (tertiary/aromatic N) is 1. The van der Waals surface area contributed by atoms with Crippen LogP contribution in [-0.4, -0.2) is 30.1 Å². The lowest BCUT2D eigenvalue weighted by molar-refractivity contribution is 0.0413. The minimum absolute atomic E-state index is 0.222. The van der Waals surface area contributed by atoms with Crippen molar-refractivity contribution in [1.29, 1.82) is 0 Å². The van der Waals surface area contributed by atoms with Crippen molar-refractivity contribution >= 4 is 0 Å². The van der Waals surface area contributed by atoms with Crippen molar-refractivity contribution in [3.8, 4) is 0 Å². The minimum atomic E-state index is 0.222. The Balaban J connectivity index is 2.02. The molecule has 1 aromatic carbocycles. The van der Waals surface area contributed by atoms with Crippen LogP contribution < -0.4 is 5.73 Å². The first-order chi connectivity index (χ1) is 10.1. The van der Waals surface area contributed by atoms with E-state index >= 15 is 0 Å². The SMILES string of the molecule is CCCC(C)N(C)C1(CN)CCC(c2ccccc2)CC1. The summed E-state index contributed by atoms with van der Waals surface area (Å²) in [5, 5.41) is 0. The number of benzene rings is 1. The number of rotatable bonds is 6. The zero-order valence-electron chi connectivity index (χ0n) is 14.0.